The van der Waals surface area contributed by atoms with Crippen molar-refractivity contribution in [2.45, 2.75) is 13.5 Å². The monoisotopic (exact) mass is 239 g/mol. The molecule has 2 heterocycles. The highest BCUT2D eigenvalue weighted by Gasteiger charge is 2.10. The Morgan fingerprint density at radius 2 is 2.06 bits per heavy atom. The predicted molar refractivity (Wildman–Crippen MR) is 69.3 cm³/mol. The normalized spacial score (nSPS) is 11.0. The van der Waals surface area contributed by atoms with Crippen molar-refractivity contribution in [3.05, 3.63) is 48.2 Å². The molecule has 0 aliphatic carbocycles. The maximum atomic E-state index is 5.74. The molecule has 0 amide bonds. The number of hydrogen-bond donors (Lipinski definition) is 1. The van der Waals surface area contributed by atoms with Crippen LogP contribution in [0, 0.1) is 6.92 Å². The van der Waals surface area contributed by atoms with Crippen molar-refractivity contribution < 1.29 is 0 Å². The summed E-state index contributed by atoms with van der Waals surface area (Å²) in [6.07, 6.45) is 3.54. The van der Waals surface area contributed by atoms with Gasteiger partial charge >= 0.3 is 0 Å². The first-order chi connectivity index (χ1) is 8.79. The van der Waals surface area contributed by atoms with Gasteiger partial charge in [-0.25, -0.2) is 15.0 Å². The molecular weight excluding hydrogens is 226 g/mol. The zero-order chi connectivity index (χ0) is 12.5. The molecule has 0 aliphatic heterocycles. The Morgan fingerprint density at radius 3 is 2.89 bits per heavy atom. The van der Waals surface area contributed by atoms with Gasteiger partial charge in [0.2, 0.25) is 0 Å². The summed E-state index contributed by atoms with van der Waals surface area (Å²) >= 11 is 0. The summed E-state index contributed by atoms with van der Waals surface area (Å²) in [7, 11) is 0. The lowest BCUT2D eigenvalue weighted by molar-refractivity contribution is 0.896. The number of aryl methyl sites for hydroxylation is 1. The summed E-state index contributed by atoms with van der Waals surface area (Å²) in [5.74, 6) is 1.53. The number of aromatic nitrogens is 4. The highest BCUT2D eigenvalue weighted by Crippen LogP contribution is 2.18. The number of para-hydroxylation sites is 2. The van der Waals surface area contributed by atoms with Crippen molar-refractivity contribution in [3.8, 4) is 5.82 Å². The molecule has 0 unspecified atom stereocenters. The Morgan fingerprint density at radius 1 is 1.22 bits per heavy atom. The Hall–Kier alpha value is -2.27. The molecule has 0 spiro atoms. The molecule has 0 bridgehead atoms. The van der Waals surface area contributed by atoms with Crippen molar-refractivity contribution in [1.29, 1.82) is 0 Å². The van der Waals surface area contributed by atoms with Gasteiger partial charge in [-0.05, 0) is 19.1 Å². The second-order valence-corrected chi connectivity index (χ2v) is 4.07. The van der Waals surface area contributed by atoms with Crippen LogP contribution in [0.3, 0.4) is 0 Å². The molecule has 3 rings (SSSR count). The fourth-order valence-electron chi connectivity index (χ4n) is 1.96. The molecule has 2 aromatic heterocycles. The van der Waals surface area contributed by atoms with E-state index < -0.39 is 0 Å². The second kappa shape index (κ2) is 4.19. The molecule has 0 fully saturated rings. The van der Waals surface area contributed by atoms with Crippen LogP contribution in [0.1, 0.15) is 11.4 Å². The van der Waals surface area contributed by atoms with E-state index in [1.807, 2.05) is 35.8 Å². The third kappa shape index (κ3) is 1.65. The molecule has 5 heteroatoms. The maximum Gasteiger partial charge on any atom is 0.146 e. The number of nitrogens with two attached hydrogens (primary N) is 1. The van der Waals surface area contributed by atoms with Gasteiger partial charge in [0.05, 0.1) is 11.0 Å². The maximum absolute atomic E-state index is 5.74. The Balaban J connectivity index is 2.29. The molecule has 0 saturated carbocycles. The van der Waals surface area contributed by atoms with Crippen molar-refractivity contribution in [2.24, 2.45) is 5.73 Å². The lowest BCUT2D eigenvalue weighted by Gasteiger charge is -2.08. The Bertz CT molecular complexity index is 701. The third-order valence-electron chi connectivity index (χ3n) is 2.86. The Labute approximate surface area is 104 Å². The van der Waals surface area contributed by atoms with Gasteiger partial charge in [-0.2, -0.15) is 0 Å². The summed E-state index contributed by atoms with van der Waals surface area (Å²) in [4.78, 5) is 13.0. The molecule has 0 radical (unpaired) electrons. The van der Waals surface area contributed by atoms with Gasteiger partial charge in [-0.3, -0.25) is 4.57 Å². The minimum Gasteiger partial charge on any atom is -0.326 e. The minimum absolute atomic E-state index is 0.405. The van der Waals surface area contributed by atoms with Crippen LogP contribution in [0.2, 0.25) is 0 Å². The summed E-state index contributed by atoms with van der Waals surface area (Å²) < 4.78 is 1.95. The predicted octanol–water partition coefficient (Wildman–Crippen LogP) is 1.58. The van der Waals surface area contributed by atoms with E-state index in [4.69, 9.17) is 5.73 Å². The van der Waals surface area contributed by atoms with E-state index in [1.165, 1.54) is 0 Å². The molecule has 2 N–H and O–H groups in total. The first kappa shape index (κ1) is 10.9. The van der Waals surface area contributed by atoms with Gasteiger partial charge < -0.3 is 5.73 Å². The van der Waals surface area contributed by atoms with Crippen LogP contribution >= 0.6 is 0 Å². The minimum atomic E-state index is 0.405. The van der Waals surface area contributed by atoms with E-state index in [2.05, 4.69) is 15.0 Å². The topological polar surface area (TPSA) is 69.6 Å². The summed E-state index contributed by atoms with van der Waals surface area (Å²) in [6.45, 7) is 2.27. The fraction of sp³-hybridized carbons (Fsp3) is 0.154. The number of rotatable bonds is 2. The molecule has 5 nitrogen and oxygen atoms in total. The van der Waals surface area contributed by atoms with Gasteiger partial charge in [-0.1, -0.05) is 12.1 Å². The first-order valence-corrected chi connectivity index (χ1v) is 5.74. The molecule has 0 aliphatic rings. The van der Waals surface area contributed by atoms with Crippen LogP contribution in [-0.2, 0) is 6.54 Å². The van der Waals surface area contributed by atoms with Crippen LogP contribution in [0.4, 0.5) is 0 Å². The lowest BCUT2D eigenvalue weighted by Crippen LogP contribution is -2.08. The van der Waals surface area contributed by atoms with Crippen LogP contribution in [0.5, 0.6) is 0 Å². The number of imidazole rings is 1. The standard InChI is InChI=1S/C13H13N5/c1-9-15-7-10(6-14)13(17-9)18-8-16-11-4-2-3-5-12(11)18/h2-5,7-8H,6,14H2,1H3. The van der Waals surface area contributed by atoms with Gasteiger partial charge in [0.25, 0.3) is 0 Å². The number of benzene rings is 1. The van der Waals surface area contributed by atoms with E-state index in [-0.39, 0.29) is 0 Å². The van der Waals surface area contributed by atoms with Crippen LogP contribution in [-0.4, -0.2) is 19.5 Å². The van der Waals surface area contributed by atoms with E-state index >= 15 is 0 Å². The number of fused-ring (bicyclic) bond motifs is 1. The van der Waals surface area contributed by atoms with Gasteiger partial charge in [-0.15, -0.1) is 0 Å². The molecule has 1 aromatic carbocycles. The van der Waals surface area contributed by atoms with Crippen LogP contribution in [0.25, 0.3) is 16.9 Å². The first-order valence-electron chi connectivity index (χ1n) is 5.74. The zero-order valence-electron chi connectivity index (χ0n) is 10.0. The number of hydrogen-bond acceptors (Lipinski definition) is 4. The Kier molecular flexibility index (Phi) is 2.53. The van der Waals surface area contributed by atoms with E-state index in [0.717, 1.165) is 28.2 Å². The van der Waals surface area contributed by atoms with Gasteiger partial charge in [0, 0.05) is 18.3 Å². The van der Waals surface area contributed by atoms with Crippen molar-refractivity contribution in [3.63, 3.8) is 0 Å². The van der Waals surface area contributed by atoms with E-state index in [0.29, 0.717) is 6.54 Å². The molecule has 90 valence electrons. The van der Waals surface area contributed by atoms with Crippen molar-refractivity contribution in [1.82, 2.24) is 19.5 Å². The average molecular weight is 239 g/mol. The highest BCUT2D eigenvalue weighted by molar-refractivity contribution is 5.77. The molecule has 0 saturated heterocycles. The van der Waals surface area contributed by atoms with Crippen molar-refractivity contribution >= 4 is 11.0 Å². The largest absolute Gasteiger partial charge is 0.326 e. The van der Waals surface area contributed by atoms with Crippen molar-refractivity contribution in [2.75, 3.05) is 0 Å². The zero-order valence-corrected chi connectivity index (χ0v) is 10.0. The van der Waals surface area contributed by atoms with Gasteiger partial charge in [0.15, 0.2) is 0 Å². The van der Waals surface area contributed by atoms with Crippen LogP contribution < -0.4 is 5.73 Å². The summed E-state index contributed by atoms with van der Waals surface area (Å²) in [5.41, 5.74) is 8.60. The highest BCUT2D eigenvalue weighted by atomic mass is 15.1. The molecule has 3 aromatic rings. The van der Waals surface area contributed by atoms with E-state index in [1.54, 1.807) is 12.5 Å². The molecular formula is C13H13N5. The average Bonchev–Trinajstić information content (AvgIpc) is 2.82. The fourth-order valence-corrected chi connectivity index (χ4v) is 1.96. The lowest BCUT2D eigenvalue weighted by atomic mass is 10.3. The second-order valence-electron chi connectivity index (χ2n) is 4.07. The third-order valence-corrected chi connectivity index (χ3v) is 2.86. The number of nitrogens with zero attached hydrogens (tertiary/aromatic N) is 4. The summed E-state index contributed by atoms with van der Waals surface area (Å²) in [6, 6.07) is 7.94. The SMILES string of the molecule is Cc1ncc(CN)c(-n2cnc3ccccc32)n1. The smallest absolute Gasteiger partial charge is 0.146 e. The van der Waals surface area contributed by atoms with Crippen LogP contribution in [0.15, 0.2) is 36.8 Å². The summed E-state index contributed by atoms with van der Waals surface area (Å²) in [5, 5.41) is 0. The molecule has 18 heavy (non-hydrogen) atoms. The van der Waals surface area contributed by atoms with E-state index in [9.17, 15) is 0 Å². The molecule has 0 atom stereocenters. The quantitative estimate of drug-likeness (QED) is 0.737. The van der Waals surface area contributed by atoms with Gasteiger partial charge in [0.1, 0.15) is 18.0 Å².